The first-order chi connectivity index (χ1) is 14.9. The van der Waals surface area contributed by atoms with Gasteiger partial charge in [-0.3, -0.25) is 9.40 Å². The molecule has 9 nitrogen and oxygen atoms in total. The van der Waals surface area contributed by atoms with Gasteiger partial charge in [0.15, 0.2) is 11.4 Å². The van der Waals surface area contributed by atoms with Gasteiger partial charge in [0.05, 0.1) is 25.2 Å². The van der Waals surface area contributed by atoms with Gasteiger partial charge < -0.3 is 14.4 Å². The van der Waals surface area contributed by atoms with Crippen LogP contribution in [-0.2, 0) is 29.6 Å². The molecule has 0 aliphatic heterocycles. The highest BCUT2D eigenvalue weighted by Crippen LogP contribution is 2.35. The number of aliphatic hydroxyl groups is 1. The Bertz CT molecular complexity index is 1310. The number of methoxy groups -OCH3 is 1. The summed E-state index contributed by atoms with van der Waals surface area (Å²) >= 11 is 0. The minimum Gasteiger partial charge on any atom is -0.496 e. The van der Waals surface area contributed by atoms with Crippen LogP contribution in [0, 0.1) is 0 Å². The van der Waals surface area contributed by atoms with Gasteiger partial charge in [0, 0.05) is 12.4 Å². The summed E-state index contributed by atoms with van der Waals surface area (Å²) in [7, 11) is -2.54. The topological polar surface area (TPSA) is 119 Å². The molecule has 2 aromatic heterocycles. The average molecular weight is 442 g/mol. The Morgan fingerprint density at radius 3 is 2.74 bits per heavy atom. The number of sulfonamides is 1. The van der Waals surface area contributed by atoms with Crippen molar-refractivity contribution in [2.45, 2.75) is 31.4 Å². The number of aryl methyl sites for hydroxylation is 1. The number of hydrogen-bond donors (Lipinski definition) is 2. The first kappa shape index (κ1) is 20.9. The van der Waals surface area contributed by atoms with Gasteiger partial charge in [-0.25, -0.2) is 8.42 Å². The van der Waals surface area contributed by atoms with Crippen LogP contribution in [0.2, 0.25) is 0 Å². The van der Waals surface area contributed by atoms with Gasteiger partial charge in [0.25, 0.3) is 10.0 Å². The zero-order chi connectivity index (χ0) is 22.0. The van der Waals surface area contributed by atoms with Crippen molar-refractivity contribution in [3.63, 3.8) is 0 Å². The van der Waals surface area contributed by atoms with Gasteiger partial charge in [-0.2, -0.15) is 5.10 Å². The van der Waals surface area contributed by atoms with E-state index in [-0.39, 0.29) is 10.7 Å². The van der Waals surface area contributed by atoms with Crippen LogP contribution in [0.5, 0.6) is 5.75 Å². The van der Waals surface area contributed by atoms with E-state index in [1.165, 1.54) is 7.11 Å². The third-order valence-corrected chi connectivity index (χ3v) is 6.37. The van der Waals surface area contributed by atoms with Crippen molar-refractivity contribution in [2.75, 3.05) is 11.8 Å². The zero-order valence-electron chi connectivity index (χ0n) is 17.1. The van der Waals surface area contributed by atoms with Crippen molar-refractivity contribution in [3.05, 3.63) is 65.5 Å². The molecule has 2 N–H and O–H groups in total. The van der Waals surface area contributed by atoms with Gasteiger partial charge in [-0.15, -0.1) is 0 Å². The lowest BCUT2D eigenvalue weighted by Gasteiger charge is -2.12. The van der Waals surface area contributed by atoms with Crippen molar-refractivity contribution < 1.29 is 22.8 Å². The second-order valence-electron chi connectivity index (χ2n) is 6.97. The Kier molecular flexibility index (Phi) is 5.66. The highest BCUT2D eigenvalue weighted by Gasteiger charge is 2.24. The Morgan fingerprint density at radius 1 is 1.23 bits per heavy atom. The van der Waals surface area contributed by atoms with Gasteiger partial charge >= 0.3 is 0 Å². The molecule has 31 heavy (non-hydrogen) atoms. The molecule has 162 valence electrons. The predicted molar refractivity (Wildman–Crippen MR) is 114 cm³/mol. The van der Waals surface area contributed by atoms with E-state index in [1.807, 2.05) is 19.2 Å². The molecule has 2 heterocycles. The molecule has 0 spiro atoms. The number of benzene rings is 2. The first-order valence-electron chi connectivity index (χ1n) is 9.64. The molecular weight excluding hydrogens is 420 g/mol. The number of anilines is 1. The molecule has 0 atom stereocenters. The van der Waals surface area contributed by atoms with Crippen LogP contribution in [0.15, 0.2) is 58.2 Å². The second kappa shape index (κ2) is 8.40. The number of rotatable bonds is 8. The van der Waals surface area contributed by atoms with Crippen molar-refractivity contribution in [2.24, 2.45) is 0 Å². The number of hydrogen-bond acceptors (Lipinski definition) is 7. The number of fused-ring (bicyclic) bond motifs is 1. The summed E-state index contributed by atoms with van der Waals surface area (Å²) in [4.78, 5) is -0.000214. The molecule has 0 radical (unpaired) electrons. The summed E-state index contributed by atoms with van der Waals surface area (Å²) in [6, 6.07) is 10.3. The molecule has 0 aliphatic carbocycles. The summed E-state index contributed by atoms with van der Waals surface area (Å²) in [5.74, 6) is 0.437. The summed E-state index contributed by atoms with van der Waals surface area (Å²) in [5.41, 5.74) is 2.37. The zero-order valence-corrected chi connectivity index (χ0v) is 17.9. The molecule has 2 aromatic carbocycles. The third kappa shape index (κ3) is 4.12. The number of nitrogens with zero attached hydrogens (tertiary/aromatic N) is 3. The largest absolute Gasteiger partial charge is 0.496 e. The van der Waals surface area contributed by atoms with Crippen LogP contribution in [0.3, 0.4) is 0 Å². The van der Waals surface area contributed by atoms with Crippen molar-refractivity contribution in [1.82, 2.24) is 14.9 Å². The second-order valence-corrected chi connectivity index (χ2v) is 8.62. The number of aromatic nitrogens is 3. The van der Waals surface area contributed by atoms with E-state index in [4.69, 9.17) is 9.26 Å². The van der Waals surface area contributed by atoms with Crippen molar-refractivity contribution in [1.29, 1.82) is 0 Å². The van der Waals surface area contributed by atoms with Crippen LogP contribution < -0.4 is 9.46 Å². The molecular formula is C21H22N4O5S. The number of nitrogens with one attached hydrogen (secondary N) is 1. The van der Waals surface area contributed by atoms with E-state index in [0.717, 1.165) is 11.1 Å². The summed E-state index contributed by atoms with van der Waals surface area (Å²) in [6.45, 7) is 2.01. The fraction of sp³-hybridized carbons (Fsp3) is 0.238. The lowest BCUT2D eigenvalue weighted by Crippen LogP contribution is -2.16. The Hall–Kier alpha value is -3.37. The molecule has 0 aliphatic rings. The number of aliphatic hydroxyl groups excluding tert-OH is 1. The van der Waals surface area contributed by atoms with Gasteiger partial charge in [-0.05, 0) is 47.4 Å². The Labute approximate surface area is 179 Å². The summed E-state index contributed by atoms with van der Waals surface area (Å²) < 4.78 is 41.3. The van der Waals surface area contributed by atoms with Gasteiger partial charge in [0.2, 0.25) is 0 Å². The molecule has 0 fully saturated rings. The quantitative estimate of drug-likeness (QED) is 0.430. The lowest BCUT2D eigenvalue weighted by atomic mass is 10.1. The third-order valence-electron chi connectivity index (χ3n) is 4.95. The van der Waals surface area contributed by atoms with Gasteiger partial charge in [-0.1, -0.05) is 24.2 Å². The van der Waals surface area contributed by atoms with E-state index in [0.29, 0.717) is 35.2 Å². The van der Waals surface area contributed by atoms with Crippen LogP contribution in [0.25, 0.3) is 11.0 Å². The fourth-order valence-electron chi connectivity index (χ4n) is 3.37. The first-order valence-corrected chi connectivity index (χ1v) is 11.1. The maximum atomic E-state index is 13.1. The monoisotopic (exact) mass is 442 g/mol. The predicted octanol–water partition coefficient (Wildman–Crippen LogP) is 2.94. The maximum Gasteiger partial charge on any atom is 0.263 e. The molecule has 0 unspecified atom stereocenters. The molecule has 10 heteroatoms. The highest BCUT2D eigenvalue weighted by molar-refractivity contribution is 7.92. The highest BCUT2D eigenvalue weighted by atomic mass is 32.2. The minimum absolute atomic E-state index is 0.000214. The van der Waals surface area contributed by atoms with Crippen molar-refractivity contribution >= 4 is 26.8 Å². The van der Waals surface area contributed by atoms with Crippen molar-refractivity contribution in [3.8, 4) is 5.75 Å². The summed E-state index contributed by atoms with van der Waals surface area (Å²) in [5, 5.41) is 18.1. The fourth-order valence-corrected chi connectivity index (χ4v) is 4.66. The molecule has 4 aromatic rings. The van der Waals surface area contributed by atoms with E-state index in [9.17, 15) is 13.5 Å². The van der Waals surface area contributed by atoms with E-state index >= 15 is 0 Å². The molecule has 0 saturated carbocycles. The average Bonchev–Trinajstić information content (AvgIpc) is 3.42. The maximum absolute atomic E-state index is 13.1. The summed E-state index contributed by atoms with van der Waals surface area (Å²) in [6.07, 6.45) is 4.18. The Morgan fingerprint density at radius 2 is 2.06 bits per heavy atom. The van der Waals surface area contributed by atoms with E-state index in [2.05, 4.69) is 15.0 Å². The smallest absolute Gasteiger partial charge is 0.263 e. The van der Waals surface area contributed by atoms with Crippen LogP contribution in [0.4, 0.5) is 5.82 Å². The standard InChI is InChI=1S/C21H22N4O5S/c1-3-14-5-6-16(13-26)19(11-14)31(27,28)24-21-20-17(29-2)9-15(10-18(20)30-23-21)12-25-8-4-7-22-25/h4-11,26H,3,12-13H2,1-2H3,(H,23,24). The molecule has 0 amide bonds. The molecule has 0 bridgehead atoms. The van der Waals surface area contributed by atoms with Crippen LogP contribution in [0.1, 0.15) is 23.6 Å². The van der Waals surface area contributed by atoms with Crippen LogP contribution in [-0.4, -0.2) is 35.6 Å². The number of ether oxygens (including phenoxy) is 1. The lowest BCUT2D eigenvalue weighted by molar-refractivity contribution is 0.278. The van der Waals surface area contributed by atoms with E-state index < -0.39 is 16.6 Å². The SMILES string of the molecule is CCc1ccc(CO)c(S(=O)(=O)Nc2noc3cc(Cn4cccn4)cc(OC)c23)c1. The van der Waals surface area contributed by atoms with Gasteiger partial charge in [0.1, 0.15) is 11.1 Å². The van der Waals surface area contributed by atoms with Crippen LogP contribution >= 0.6 is 0 Å². The molecule has 4 rings (SSSR count). The molecule has 0 saturated heterocycles. The normalized spacial score (nSPS) is 11.7. The minimum atomic E-state index is -4.03. The Balaban J connectivity index is 1.73. The van der Waals surface area contributed by atoms with E-state index in [1.54, 1.807) is 41.2 Å².